The highest BCUT2D eigenvalue weighted by atomic mass is 16.2. The zero-order valence-corrected chi connectivity index (χ0v) is 17.6. The second-order valence-corrected chi connectivity index (χ2v) is 8.31. The monoisotopic (exact) mass is 392 g/mol. The Morgan fingerprint density at radius 1 is 1.03 bits per heavy atom. The Morgan fingerprint density at radius 3 is 2.24 bits per heavy atom. The third kappa shape index (κ3) is 4.99. The highest BCUT2D eigenvalue weighted by Crippen LogP contribution is 2.24. The zero-order chi connectivity index (χ0) is 21.0. The van der Waals surface area contributed by atoms with Gasteiger partial charge in [0.15, 0.2) is 5.82 Å². The molecule has 0 spiro atoms. The van der Waals surface area contributed by atoms with Crippen molar-refractivity contribution in [2.24, 2.45) is 0 Å². The number of carbonyl (C=O) groups is 1. The van der Waals surface area contributed by atoms with Crippen LogP contribution in [0, 0.1) is 0 Å². The van der Waals surface area contributed by atoms with E-state index in [2.05, 4.69) is 20.8 Å². The Labute approximate surface area is 171 Å². The summed E-state index contributed by atoms with van der Waals surface area (Å²) in [5, 5.41) is 15.2. The van der Waals surface area contributed by atoms with Gasteiger partial charge in [-0.3, -0.25) is 4.79 Å². The topological polar surface area (TPSA) is 75.9 Å². The highest BCUT2D eigenvalue weighted by molar-refractivity contribution is 5.94. The van der Waals surface area contributed by atoms with E-state index in [-0.39, 0.29) is 23.9 Å². The molecule has 7 nitrogen and oxygen atoms in total. The van der Waals surface area contributed by atoms with Crippen molar-refractivity contribution < 1.29 is 4.79 Å². The molecule has 2 aromatic carbocycles. The van der Waals surface area contributed by atoms with E-state index < -0.39 is 0 Å². The fraction of sp³-hybridized carbons (Fsp3) is 0.364. The summed E-state index contributed by atoms with van der Waals surface area (Å²) in [4.78, 5) is 14.9. The van der Waals surface area contributed by atoms with Crippen molar-refractivity contribution >= 4 is 23.0 Å². The van der Waals surface area contributed by atoms with Crippen molar-refractivity contribution in [1.82, 2.24) is 20.2 Å². The maximum atomic E-state index is 13.1. The summed E-state index contributed by atoms with van der Waals surface area (Å²) >= 11 is 0. The SMILES string of the molecule is CC(C)N(C(=O)Cn1nnnc1C(C)(C)C)c1ccc(Nc2ccccc2)cc1. The van der Waals surface area contributed by atoms with E-state index >= 15 is 0 Å². The molecule has 0 radical (unpaired) electrons. The van der Waals surface area contributed by atoms with E-state index in [1.54, 1.807) is 9.58 Å². The van der Waals surface area contributed by atoms with Gasteiger partial charge in [-0.15, -0.1) is 5.10 Å². The number of nitrogens with one attached hydrogen (secondary N) is 1. The number of aromatic nitrogens is 4. The van der Waals surface area contributed by atoms with Crippen LogP contribution in [0.15, 0.2) is 54.6 Å². The number of hydrogen-bond donors (Lipinski definition) is 1. The molecule has 7 heteroatoms. The number of nitrogens with zero attached hydrogens (tertiary/aromatic N) is 5. The standard InChI is InChI=1S/C22H28N6O/c1-16(2)28(20(29)15-27-21(22(3,4)5)24-25-26-27)19-13-11-18(12-14-19)23-17-9-7-6-8-10-17/h6-14,16,23H,15H2,1-5H3. The normalized spacial score (nSPS) is 11.5. The molecule has 1 heterocycles. The molecule has 0 saturated carbocycles. The minimum absolute atomic E-state index is 0.00463. The molecule has 152 valence electrons. The average molecular weight is 393 g/mol. The van der Waals surface area contributed by atoms with Crippen molar-refractivity contribution in [1.29, 1.82) is 0 Å². The number of anilines is 3. The maximum absolute atomic E-state index is 13.1. The number of benzene rings is 2. The fourth-order valence-electron chi connectivity index (χ4n) is 3.18. The zero-order valence-electron chi connectivity index (χ0n) is 17.6. The van der Waals surface area contributed by atoms with Gasteiger partial charge in [0.25, 0.3) is 0 Å². The number of para-hydroxylation sites is 1. The summed E-state index contributed by atoms with van der Waals surface area (Å²) in [5.74, 6) is 0.638. The van der Waals surface area contributed by atoms with Crippen LogP contribution in [0.3, 0.4) is 0 Å². The largest absolute Gasteiger partial charge is 0.356 e. The summed E-state index contributed by atoms with van der Waals surface area (Å²) in [6, 6.07) is 17.8. The van der Waals surface area contributed by atoms with E-state index in [1.807, 2.05) is 89.2 Å². The minimum atomic E-state index is -0.239. The van der Waals surface area contributed by atoms with Gasteiger partial charge >= 0.3 is 0 Å². The van der Waals surface area contributed by atoms with Crippen LogP contribution in [0.5, 0.6) is 0 Å². The third-order valence-corrected chi connectivity index (χ3v) is 4.48. The molecule has 0 atom stereocenters. The Morgan fingerprint density at radius 2 is 1.66 bits per heavy atom. The van der Waals surface area contributed by atoms with Gasteiger partial charge in [0.2, 0.25) is 5.91 Å². The lowest BCUT2D eigenvalue weighted by Gasteiger charge is -2.27. The molecular weight excluding hydrogens is 364 g/mol. The van der Waals surface area contributed by atoms with Crippen LogP contribution < -0.4 is 10.2 Å². The van der Waals surface area contributed by atoms with Crippen LogP contribution >= 0.6 is 0 Å². The molecule has 0 aliphatic carbocycles. The summed E-state index contributed by atoms with van der Waals surface area (Å²) in [6.07, 6.45) is 0. The van der Waals surface area contributed by atoms with Crippen LogP contribution in [-0.2, 0) is 16.8 Å². The highest BCUT2D eigenvalue weighted by Gasteiger charge is 2.26. The van der Waals surface area contributed by atoms with Crippen molar-refractivity contribution in [2.45, 2.75) is 52.6 Å². The molecule has 0 bridgehead atoms. The van der Waals surface area contributed by atoms with Crippen molar-refractivity contribution in [3.63, 3.8) is 0 Å². The summed E-state index contributed by atoms with van der Waals surface area (Å²) in [7, 11) is 0. The second-order valence-electron chi connectivity index (χ2n) is 8.31. The molecule has 3 rings (SSSR count). The van der Waals surface area contributed by atoms with Gasteiger partial charge in [0, 0.05) is 28.5 Å². The van der Waals surface area contributed by atoms with Gasteiger partial charge in [-0.25, -0.2) is 4.68 Å². The van der Waals surface area contributed by atoms with E-state index in [4.69, 9.17) is 0 Å². The van der Waals surface area contributed by atoms with E-state index in [9.17, 15) is 4.79 Å². The number of tetrazole rings is 1. The van der Waals surface area contributed by atoms with Crippen molar-refractivity contribution in [2.75, 3.05) is 10.2 Å². The predicted octanol–water partition coefficient (Wildman–Crippen LogP) is 4.16. The molecule has 1 amide bonds. The molecule has 0 aliphatic rings. The molecule has 0 saturated heterocycles. The van der Waals surface area contributed by atoms with Crippen LogP contribution in [0.4, 0.5) is 17.1 Å². The number of amides is 1. The number of rotatable bonds is 6. The van der Waals surface area contributed by atoms with Gasteiger partial charge in [-0.2, -0.15) is 0 Å². The van der Waals surface area contributed by atoms with E-state index in [0.717, 1.165) is 17.1 Å². The predicted molar refractivity (Wildman–Crippen MR) is 115 cm³/mol. The molecule has 1 aromatic heterocycles. The van der Waals surface area contributed by atoms with Crippen LogP contribution in [0.2, 0.25) is 0 Å². The molecule has 1 N–H and O–H groups in total. The molecule has 0 unspecified atom stereocenters. The minimum Gasteiger partial charge on any atom is -0.356 e. The second kappa shape index (κ2) is 8.43. The van der Waals surface area contributed by atoms with Crippen LogP contribution in [0.1, 0.15) is 40.4 Å². The molecule has 0 aliphatic heterocycles. The van der Waals surface area contributed by atoms with Crippen LogP contribution in [0.25, 0.3) is 0 Å². The molecular formula is C22H28N6O. The van der Waals surface area contributed by atoms with Gasteiger partial charge in [-0.1, -0.05) is 39.0 Å². The molecule has 0 fully saturated rings. The molecule has 29 heavy (non-hydrogen) atoms. The van der Waals surface area contributed by atoms with E-state index in [1.165, 1.54) is 0 Å². The Kier molecular flexibility index (Phi) is 5.96. The first kappa shape index (κ1) is 20.5. The smallest absolute Gasteiger partial charge is 0.249 e. The average Bonchev–Trinajstić information content (AvgIpc) is 3.12. The lowest BCUT2D eigenvalue weighted by molar-refractivity contribution is -0.119. The summed E-state index contributed by atoms with van der Waals surface area (Å²) < 4.78 is 1.59. The van der Waals surface area contributed by atoms with Gasteiger partial charge in [0.1, 0.15) is 6.54 Å². The summed E-state index contributed by atoms with van der Waals surface area (Å²) in [6.45, 7) is 10.2. The Hall–Kier alpha value is -3.22. The third-order valence-electron chi connectivity index (χ3n) is 4.48. The number of hydrogen-bond acceptors (Lipinski definition) is 5. The first-order valence-corrected chi connectivity index (χ1v) is 9.76. The quantitative estimate of drug-likeness (QED) is 0.682. The van der Waals surface area contributed by atoms with E-state index in [0.29, 0.717) is 5.82 Å². The van der Waals surface area contributed by atoms with Gasteiger partial charge < -0.3 is 10.2 Å². The maximum Gasteiger partial charge on any atom is 0.249 e. The number of carbonyl (C=O) groups excluding carboxylic acids is 1. The molecule has 3 aromatic rings. The van der Waals surface area contributed by atoms with Gasteiger partial charge in [0.05, 0.1) is 0 Å². The van der Waals surface area contributed by atoms with Gasteiger partial charge in [-0.05, 0) is 60.7 Å². The Bertz CT molecular complexity index is 941. The summed E-state index contributed by atoms with van der Waals surface area (Å²) in [5.41, 5.74) is 2.59. The first-order valence-electron chi connectivity index (χ1n) is 9.76. The van der Waals surface area contributed by atoms with Crippen molar-refractivity contribution in [3.8, 4) is 0 Å². The fourth-order valence-corrected chi connectivity index (χ4v) is 3.18. The van der Waals surface area contributed by atoms with Crippen LogP contribution in [-0.4, -0.2) is 32.2 Å². The lowest BCUT2D eigenvalue weighted by Crippen LogP contribution is -2.40. The lowest BCUT2D eigenvalue weighted by atomic mass is 9.96. The first-order chi connectivity index (χ1) is 13.8. The Balaban J connectivity index is 1.77. The van der Waals surface area contributed by atoms with Crippen molar-refractivity contribution in [3.05, 3.63) is 60.4 Å².